The van der Waals surface area contributed by atoms with Gasteiger partial charge in [0, 0.05) is 26.2 Å². The Morgan fingerprint density at radius 2 is 1.78 bits per heavy atom. The topological polar surface area (TPSA) is 81.1 Å². The maximum atomic E-state index is 12.2. The van der Waals surface area contributed by atoms with Crippen LogP contribution in [0.3, 0.4) is 0 Å². The number of carbonyl (C=O) groups excluding carboxylic acids is 1. The molecular weight excluding hydrogens is 236 g/mol. The molecule has 0 aromatic rings. The molecule has 0 radical (unpaired) electrons. The summed E-state index contributed by atoms with van der Waals surface area (Å²) in [5.74, 6) is -0.631. The third-order valence-corrected chi connectivity index (χ3v) is 3.93. The van der Waals surface area contributed by atoms with Crippen LogP contribution in [0.25, 0.3) is 0 Å². The minimum Gasteiger partial charge on any atom is -0.480 e. The number of likely N-dealkylation sites (tertiary alicyclic amines) is 2. The van der Waals surface area contributed by atoms with E-state index in [4.69, 9.17) is 10.2 Å². The molecule has 18 heavy (non-hydrogen) atoms. The predicted molar refractivity (Wildman–Crippen MR) is 64.1 cm³/mol. The zero-order valence-corrected chi connectivity index (χ0v) is 10.4. The standard InChI is InChI=1S/C12H20N2O4/c15-8-9-3-6-13(7-4-9)12(18)14-5-1-2-10(14)11(16)17/h9-10,15H,1-8H2,(H,16,17). The summed E-state index contributed by atoms with van der Waals surface area (Å²) in [5, 5.41) is 18.1. The second-order valence-corrected chi connectivity index (χ2v) is 5.09. The fourth-order valence-corrected chi connectivity index (χ4v) is 2.74. The molecule has 0 aliphatic carbocycles. The lowest BCUT2D eigenvalue weighted by Crippen LogP contribution is -2.50. The molecule has 2 saturated heterocycles. The smallest absolute Gasteiger partial charge is 0.326 e. The Morgan fingerprint density at radius 1 is 1.11 bits per heavy atom. The van der Waals surface area contributed by atoms with E-state index < -0.39 is 12.0 Å². The van der Waals surface area contributed by atoms with Gasteiger partial charge in [0.2, 0.25) is 0 Å². The number of carboxylic acid groups (broad SMARTS) is 1. The minimum absolute atomic E-state index is 0.156. The van der Waals surface area contributed by atoms with Crippen LogP contribution in [0.2, 0.25) is 0 Å². The van der Waals surface area contributed by atoms with Gasteiger partial charge in [-0.2, -0.15) is 0 Å². The molecule has 2 fully saturated rings. The zero-order chi connectivity index (χ0) is 13.1. The van der Waals surface area contributed by atoms with E-state index in [0.717, 1.165) is 19.3 Å². The SMILES string of the molecule is O=C(O)C1CCCN1C(=O)N1CCC(CO)CC1. The Labute approximate surface area is 106 Å². The second-order valence-electron chi connectivity index (χ2n) is 5.09. The van der Waals surface area contributed by atoms with Crippen molar-refractivity contribution in [3.05, 3.63) is 0 Å². The van der Waals surface area contributed by atoms with Crippen molar-refractivity contribution in [2.75, 3.05) is 26.2 Å². The third-order valence-electron chi connectivity index (χ3n) is 3.93. The molecule has 0 aromatic heterocycles. The van der Waals surface area contributed by atoms with E-state index in [-0.39, 0.29) is 18.6 Å². The quantitative estimate of drug-likeness (QED) is 0.747. The number of urea groups is 1. The van der Waals surface area contributed by atoms with Gasteiger partial charge in [-0.1, -0.05) is 0 Å². The molecule has 2 heterocycles. The Bertz CT molecular complexity index is 326. The first-order valence-corrected chi connectivity index (χ1v) is 6.52. The van der Waals surface area contributed by atoms with Crippen LogP contribution >= 0.6 is 0 Å². The first-order valence-electron chi connectivity index (χ1n) is 6.52. The fourth-order valence-electron chi connectivity index (χ4n) is 2.74. The van der Waals surface area contributed by atoms with Crippen LogP contribution < -0.4 is 0 Å². The second kappa shape index (κ2) is 5.56. The van der Waals surface area contributed by atoms with E-state index in [1.165, 1.54) is 4.90 Å². The maximum absolute atomic E-state index is 12.2. The highest BCUT2D eigenvalue weighted by Crippen LogP contribution is 2.22. The van der Waals surface area contributed by atoms with Crippen LogP contribution in [0.5, 0.6) is 0 Å². The van der Waals surface area contributed by atoms with E-state index in [2.05, 4.69) is 0 Å². The molecule has 0 saturated carbocycles. The number of carboxylic acids is 1. The van der Waals surface area contributed by atoms with Gasteiger partial charge in [0.25, 0.3) is 0 Å². The zero-order valence-electron chi connectivity index (χ0n) is 10.4. The molecule has 2 N–H and O–H groups in total. The Kier molecular flexibility index (Phi) is 4.06. The molecule has 6 heteroatoms. The molecule has 2 aliphatic rings. The summed E-state index contributed by atoms with van der Waals surface area (Å²) in [5.41, 5.74) is 0. The summed E-state index contributed by atoms with van der Waals surface area (Å²) in [6, 6.07) is -0.815. The highest BCUT2D eigenvalue weighted by Gasteiger charge is 2.36. The molecule has 102 valence electrons. The number of aliphatic hydroxyl groups is 1. The molecule has 1 unspecified atom stereocenters. The van der Waals surface area contributed by atoms with E-state index in [0.29, 0.717) is 26.1 Å². The van der Waals surface area contributed by atoms with Crippen molar-refractivity contribution < 1.29 is 19.8 Å². The molecule has 2 amide bonds. The lowest BCUT2D eigenvalue weighted by Gasteiger charge is -2.35. The van der Waals surface area contributed by atoms with Crippen molar-refractivity contribution in [3.8, 4) is 0 Å². The van der Waals surface area contributed by atoms with Crippen LogP contribution in [0.1, 0.15) is 25.7 Å². The van der Waals surface area contributed by atoms with E-state index in [9.17, 15) is 9.59 Å². The maximum Gasteiger partial charge on any atom is 0.326 e. The van der Waals surface area contributed by atoms with Crippen LogP contribution in [-0.4, -0.2) is 64.3 Å². The van der Waals surface area contributed by atoms with Gasteiger partial charge in [0.15, 0.2) is 0 Å². The normalized spacial score (nSPS) is 25.5. The number of carbonyl (C=O) groups is 2. The highest BCUT2D eigenvalue weighted by molar-refractivity contribution is 5.83. The van der Waals surface area contributed by atoms with Gasteiger partial charge in [-0.05, 0) is 31.6 Å². The number of piperidine rings is 1. The average molecular weight is 256 g/mol. The van der Waals surface area contributed by atoms with Crippen molar-refractivity contribution in [3.63, 3.8) is 0 Å². The lowest BCUT2D eigenvalue weighted by molar-refractivity contribution is -0.141. The van der Waals surface area contributed by atoms with Gasteiger partial charge in [0.1, 0.15) is 6.04 Å². The summed E-state index contributed by atoms with van der Waals surface area (Å²) in [4.78, 5) is 26.5. The van der Waals surface area contributed by atoms with E-state index >= 15 is 0 Å². The average Bonchev–Trinajstić information content (AvgIpc) is 2.87. The fraction of sp³-hybridized carbons (Fsp3) is 0.833. The third kappa shape index (κ3) is 2.58. The van der Waals surface area contributed by atoms with Gasteiger partial charge < -0.3 is 20.0 Å². The van der Waals surface area contributed by atoms with Crippen LogP contribution in [-0.2, 0) is 4.79 Å². The summed E-state index contributed by atoms with van der Waals surface area (Å²) in [6.45, 7) is 1.94. The van der Waals surface area contributed by atoms with Crippen molar-refractivity contribution in [2.24, 2.45) is 5.92 Å². The largest absolute Gasteiger partial charge is 0.480 e. The first kappa shape index (κ1) is 13.1. The molecule has 0 aromatic carbocycles. The Balaban J connectivity index is 1.93. The van der Waals surface area contributed by atoms with Crippen molar-refractivity contribution >= 4 is 12.0 Å². The number of aliphatic hydroxyl groups excluding tert-OH is 1. The van der Waals surface area contributed by atoms with Gasteiger partial charge in [-0.25, -0.2) is 9.59 Å². The van der Waals surface area contributed by atoms with Gasteiger partial charge >= 0.3 is 12.0 Å². The Morgan fingerprint density at radius 3 is 2.33 bits per heavy atom. The van der Waals surface area contributed by atoms with Crippen molar-refractivity contribution in [1.29, 1.82) is 0 Å². The minimum atomic E-state index is -0.911. The predicted octanol–water partition coefficient (Wildman–Crippen LogP) is 0.360. The monoisotopic (exact) mass is 256 g/mol. The molecule has 0 spiro atoms. The van der Waals surface area contributed by atoms with E-state index in [1.807, 2.05) is 0 Å². The molecule has 2 rings (SSSR count). The van der Waals surface area contributed by atoms with Crippen LogP contribution in [0.4, 0.5) is 4.79 Å². The van der Waals surface area contributed by atoms with Crippen molar-refractivity contribution in [1.82, 2.24) is 9.80 Å². The van der Waals surface area contributed by atoms with Crippen LogP contribution in [0.15, 0.2) is 0 Å². The number of rotatable bonds is 2. The van der Waals surface area contributed by atoms with Gasteiger partial charge in [-0.15, -0.1) is 0 Å². The molecule has 6 nitrogen and oxygen atoms in total. The number of hydrogen-bond donors (Lipinski definition) is 2. The molecule has 2 aliphatic heterocycles. The molecule has 0 bridgehead atoms. The summed E-state index contributed by atoms with van der Waals surface area (Å²) >= 11 is 0. The summed E-state index contributed by atoms with van der Waals surface area (Å²) in [7, 11) is 0. The summed E-state index contributed by atoms with van der Waals surface area (Å²) < 4.78 is 0. The summed E-state index contributed by atoms with van der Waals surface area (Å²) in [6.07, 6.45) is 2.91. The highest BCUT2D eigenvalue weighted by atomic mass is 16.4. The molecular formula is C12H20N2O4. The lowest BCUT2D eigenvalue weighted by atomic mass is 9.98. The number of amides is 2. The van der Waals surface area contributed by atoms with Crippen molar-refractivity contribution in [2.45, 2.75) is 31.7 Å². The Hall–Kier alpha value is -1.30. The number of aliphatic carboxylic acids is 1. The van der Waals surface area contributed by atoms with Crippen LogP contribution in [0, 0.1) is 5.92 Å². The number of nitrogens with zero attached hydrogens (tertiary/aromatic N) is 2. The first-order chi connectivity index (χ1) is 8.63. The van der Waals surface area contributed by atoms with Gasteiger partial charge in [-0.3, -0.25) is 0 Å². The van der Waals surface area contributed by atoms with E-state index in [1.54, 1.807) is 4.90 Å². The number of hydrogen-bond acceptors (Lipinski definition) is 3. The molecule has 1 atom stereocenters. The van der Waals surface area contributed by atoms with Gasteiger partial charge in [0.05, 0.1) is 0 Å².